The van der Waals surface area contributed by atoms with Gasteiger partial charge in [-0.05, 0) is 29.3 Å². The number of ether oxygens (including phenoxy) is 2. The zero-order valence-corrected chi connectivity index (χ0v) is 16.5. The monoisotopic (exact) mass is 388 g/mol. The molecule has 0 atom stereocenters. The molecule has 148 valence electrons. The summed E-state index contributed by atoms with van der Waals surface area (Å²) in [7, 11) is 1.63. The number of amides is 1. The van der Waals surface area contributed by atoms with Gasteiger partial charge in [-0.1, -0.05) is 48.5 Å². The van der Waals surface area contributed by atoms with Crippen LogP contribution in [0.1, 0.15) is 21.5 Å². The zero-order valence-electron chi connectivity index (χ0n) is 16.5. The maximum Gasteiger partial charge on any atom is 0.254 e. The summed E-state index contributed by atoms with van der Waals surface area (Å²) in [5, 5.41) is 0. The third kappa shape index (κ3) is 5.69. The third-order valence-electron chi connectivity index (χ3n) is 4.38. The minimum Gasteiger partial charge on any atom is -0.497 e. The normalized spacial score (nSPS) is 10.2. The number of benzene rings is 2. The molecule has 2 aromatic carbocycles. The van der Waals surface area contributed by atoms with Crippen LogP contribution >= 0.6 is 0 Å². The van der Waals surface area contributed by atoms with Crippen LogP contribution in [0.5, 0.6) is 11.6 Å². The van der Waals surface area contributed by atoms with Gasteiger partial charge in [0, 0.05) is 30.9 Å². The van der Waals surface area contributed by atoms with Gasteiger partial charge in [0.05, 0.1) is 7.11 Å². The zero-order chi connectivity index (χ0) is 20.5. The first-order valence-electron chi connectivity index (χ1n) is 9.35. The van der Waals surface area contributed by atoms with Gasteiger partial charge in [-0.2, -0.15) is 0 Å². The molecule has 0 bridgehead atoms. The molecule has 1 heterocycles. The van der Waals surface area contributed by atoms with Gasteiger partial charge in [0.25, 0.3) is 5.91 Å². The Balaban J connectivity index is 1.70. The van der Waals surface area contributed by atoms with Crippen molar-refractivity contribution in [3.05, 3.63) is 102 Å². The van der Waals surface area contributed by atoms with Gasteiger partial charge in [-0.25, -0.2) is 4.98 Å². The summed E-state index contributed by atoms with van der Waals surface area (Å²) in [4.78, 5) is 19.0. The van der Waals surface area contributed by atoms with Gasteiger partial charge in [0.2, 0.25) is 5.88 Å². The Morgan fingerprint density at radius 1 is 1.07 bits per heavy atom. The summed E-state index contributed by atoms with van der Waals surface area (Å²) in [6.07, 6.45) is 3.31. The molecule has 0 saturated heterocycles. The molecule has 0 saturated carbocycles. The van der Waals surface area contributed by atoms with Crippen LogP contribution in [0, 0.1) is 0 Å². The molecule has 1 aromatic heterocycles. The van der Waals surface area contributed by atoms with Crippen LogP contribution in [0.2, 0.25) is 0 Å². The van der Waals surface area contributed by atoms with E-state index < -0.39 is 0 Å². The number of carbonyl (C=O) groups is 1. The topological polar surface area (TPSA) is 51.7 Å². The molecule has 3 aromatic rings. The van der Waals surface area contributed by atoms with Crippen molar-refractivity contribution in [3.8, 4) is 11.6 Å². The Hall–Kier alpha value is -3.60. The van der Waals surface area contributed by atoms with E-state index in [4.69, 9.17) is 9.47 Å². The predicted octanol–water partition coefficient (Wildman–Crippen LogP) is 4.50. The summed E-state index contributed by atoms with van der Waals surface area (Å²) >= 11 is 0. The van der Waals surface area contributed by atoms with E-state index in [1.807, 2.05) is 54.6 Å². The summed E-state index contributed by atoms with van der Waals surface area (Å²) in [6.45, 7) is 5.08. The van der Waals surface area contributed by atoms with Crippen LogP contribution < -0.4 is 9.47 Å². The van der Waals surface area contributed by atoms with Gasteiger partial charge in [-0.15, -0.1) is 6.58 Å². The number of pyridine rings is 1. The highest BCUT2D eigenvalue weighted by Crippen LogP contribution is 2.17. The van der Waals surface area contributed by atoms with Crippen molar-refractivity contribution < 1.29 is 14.3 Å². The fourth-order valence-corrected chi connectivity index (χ4v) is 2.86. The summed E-state index contributed by atoms with van der Waals surface area (Å²) < 4.78 is 10.9. The average Bonchev–Trinajstić information content (AvgIpc) is 2.78. The molecular weight excluding hydrogens is 364 g/mol. The van der Waals surface area contributed by atoms with Crippen LogP contribution in [0.15, 0.2) is 85.6 Å². The summed E-state index contributed by atoms with van der Waals surface area (Å²) in [5.74, 6) is 1.10. The predicted molar refractivity (Wildman–Crippen MR) is 113 cm³/mol. The molecule has 0 aliphatic carbocycles. The Bertz CT molecular complexity index is 940. The number of methoxy groups -OCH3 is 1. The largest absolute Gasteiger partial charge is 0.497 e. The molecule has 5 nitrogen and oxygen atoms in total. The Morgan fingerprint density at radius 3 is 2.52 bits per heavy atom. The summed E-state index contributed by atoms with van der Waals surface area (Å²) in [5.41, 5.74) is 2.58. The van der Waals surface area contributed by atoms with Gasteiger partial charge >= 0.3 is 0 Å². The number of nitrogens with zero attached hydrogens (tertiary/aromatic N) is 2. The van der Waals surface area contributed by atoms with Crippen LogP contribution in [0.25, 0.3) is 0 Å². The Morgan fingerprint density at radius 2 is 1.83 bits per heavy atom. The van der Waals surface area contributed by atoms with Crippen LogP contribution in [-0.4, -0.2) is 29.4 Å². The molecule has 5 heteroatoms. The second kappa shape index (κ2) is 10.1. The molecule has 0 N–H and O–H groups in total. The molecule has 0 aliphatic heterocycles. The molecule has 0 fully saturated rings. The fourth-order valence-electron chi connectivity index (χ4n) is 2.86. The number of hydrogen-bond acceptors (Lipinski definition) is 4. The van der Waals surface area contributed by atoms with Gasteiger partial charge in [0.15, 0.2) is 0 Å². The molecule has 3 rings (SSSR count). The molecular formula is C24H24N2O3. The first-order valence-corrected chi connectivity index (χ1v) is 9.35. The van der Waals surface area contributed by atoms with Crippen molar-refractivity contribution in [3.63, 3.8) is 0 Å². The standard InChI is InChI=1S/C24H24N2O3/c1-3-15-26(17-19-9-11-22(28-2)12-10-19)24(27)21-13-14-25-23(16-21)29-18-20-7-5-4-6-8-20/h3-14,16H,1,15,17-18H2,2H3. The molecule has 0 radical (unpaired) electrons. The minimum absolute atomic E-state index is 0.104. The first-order chi connectivity index (χ1) is 14.2. The molecule has 0 unspecified atom stereocenters. The highest BCUT2D eigenvalue weighted by Gasteiger charge is 2.16. The lowest BCUT2D eigenvalue weighted by Gasteiger charge is -2.21. The average molecular weight is 388 g/mol. The SMILES string of the molecule is C=CCN(Cc1ccc(OC)cc1)C(=O)c1ccnc(OCc2ccccc2)c1. The quantitative estimate of drug-likeness (QED) is 0.507. The van der Waals surface area contributed by atoms with Gasteiger partial charge < -0.3 is 14.4 Å². The van der Waals surface area contributed by atoms with Crippen molar-refractivity contribution in [1.29, 1.82) is 0 Å². The van der Waals surface area contributed by atoms with Crippen LogP contribution in [0.3, 0.4) is 0 Å². The van der Waals surface area contributed by atoms with E-state index >= 15 is 0 Å². The van der Waals surface area contributed by atoms with E-state index in [1.54, 1.807) is 36.4 Å². The third-order valence-corrected chi connectivity index (χ3v) is 4.38. The van der Waals surface area contributed by atoms with E-state index in [1.165, 1.54) is 0 Å². The second-order valence-corrected chi connectivity index (χ2v) is 6.48. The van der Waals surface area contributed by atoms with E-state index in [0.717, 1.165) is 16.9 Å². The highest BCUT2D eigenvalue weighted by atomic mass is 16.5. The van der Waals surface area contributed by atoms with E-state index in [0.29, 0.717) is 31.1 Å². The van der Waals surface area contributed by atoms with Crippen molar-refractivity contribution >= 4 is 5.91 Å². The van der Waals surface area contributed by atoms with E-state index in [2.05, 4.69) is 11.6 Å². The molecule has 0 spiro atoms. The smallest absolute Gasteiger partial charge is 0.254 e. The fraction of sp³-hybridized carbons (Fsp3) is 0.167. The van der Waals surface area contributed by atoms with Crippen LogP contribution in [0.4, 0.5) is 0 Å². The van der Waals surface area contributed by atoms with E-state index in [9.17, 15) is 4.79 Å². The summed E-state index contributed by atoms with van der Waals surface area (Å²) in [6, 6.07) is 20.9. The van der Waals surface area contributed by atoms with Crippen LogP contribution in [-0.2, 0) is 13.2 Å². The minimum atomic E-state index is -0.104. The number of rotatable bonds is 9. The second-order valence-electron chi connectivity index (χ2n) is 6.48. The van der Waals surface area contributed by atoms with Crippen molar-refractivity contribution in [2.75, 3.05) is 13.7 Å². The number of carbonyl (C=O) groups excluding carboxylic acids is 1. The van der Waals surface area contributed by atoms with Gasteiger partial charge in [0.1, 0.15) is 12.4 Å². The maximum atomic E-state index is 13.1. The lowest BCUT2D eigenvalue weighted by Crippen LogP contribution is -2.30. The lowest BCUT2D eigenvalue weighted by atomic mass is 10.1. The maximum absolute atomic E-state index is 13.1. The molecule has 1 amide bonds. The van der Waals surface area contributed by atoms with Crippen molar-refractivity contribution in [1.82, 2.24) is 9.88 Å². The number of hydrogen-bond donors (Lipinski definition) is 0. The van der Waals surface area contributed by atoms with E-state index in [-0.39, 0.29) is 5.91 Å². The Kier molecular flexibility index (Phi) is 7.00. The first kappa shape index (κ1) is 20.1. The van der Waals surface area contributed by atoms with Gasteiger partial charge in [-0.3, -0.25) is 4.79 Å². The molecule has 29 heavy (non-hydrogen) atoms. The lowest BCUT2D eigenvalue weighted by molar-refractivity contribution is 0.0762. The highest BCUT2D eigenvalue weighted by molar-refractivity contribution is 5.94. The van der Waals surface area contributed by atoms with Crippen molar-refractivity contribution in [2.24, 2.45) is 0 Å². The Labute approximate surface area is 171 Å². The van der Waals surface area contributed by atoms with Crippen molar-refractivity contribution in [2.45, 2.75) is 13.2 Å². The number of aromatic nitrogens is 1. The molecule has 0 aliphatic rings.